The van der Waals surface area contributed by atoms with E-state index < -0.39 is 0 Å². The molecule has 2 aromatic carbocycles. The van der Waals surface area contributed by atoms with E-state index in [9.17, 15) is 9.59 Å². The highest BCUT2D eigenvalue weighted by atomic mass is 16.5. The molecule has 0 amide bonds. The van der Waals surface area contributed by atoms with Crippen molar-refractivity contribution in [1.82, 2.24) is 0 Å². The predicted molar refractivity (Wildman–Crippen MR) is 136 cm³/mol. The van der Waals surface area contributed by atoms with E-state index in [1.54, 1.807) is 26.4 Å². The molecule has 34 heavy (non-hydrogen) atoms. The second-order valence-electron chi connectivity index (χ2n) is 8.05. The molecule has 0 saturated heterocycles. The molecule has 0 heterocycles. The van der Waals surface area contributed by atoms with Gasteiger partial charge >= 0.3 is 11.9 Å². The minimum absolute atomic E-state index is 0.0898. The maximum atomic E-state index is 11.4. The zero-order chi connectivity index (χ0) is 25.3. The van der Waals surface area contributed by atoms with Gasteiger partial charge in [-0.15, -0.1) is 0 Å². The van der Waals surface area contributed by atoms with Crippen molar-refractivity contribution in [3.63, 3.8) is 0 Å². The van der Waals surface area contributed by atoms with E-state index in [2.05, 4.69) is 13.8 Å². The van der Waals surface area contributed by atoms with Crippen LogP contribution >= 0.6 is 0 Å². The lowest BCUT2D eigenvalue weighted by Gasteiger charge is -2.04. The topological polar surface area (TPSA) is 71.1 Å². The van der Waals surface area contributed by atoms with Gasteiger partial charge in [0.2, 0.25) is 0 Å². The standard InChI is InChI=1S/C15H20O3.C13H16O3/c1-12(2)10-11-18-15(16)9-6-13-4-7-14(17-3)8-5-13;1-10(2)16-13(14)9-6-11-4-7-12(15-3)8-5-11/h4-9,12H,10-11H2,1-3H3;4-10H,1-3H3. The number of carbonyl (C=O) groups excluding carboxylic acids is 2. The Kier molecular flexibility index (Phi) is 13.5. The van der Waals surface area contributed by atoms with Crippen LogP contribution in [0.3, 0.4) is 0 Å². The Bertz CT molecular complexity index is 909. The maximum absolute atomic E-state index is 11.4. The Hall–Kier alpha value is -3.54. The van der Waals surface area contributed by atoms with Crippen LogP contribution in [0.1, 0.15) is 45.2 Å². The SMILES string of the molecule is COc1ccc(C=CC(=O)OC(C)C)cc1.COc1ccc(C=CC(=O)OCCC(C)C)cc1. The minimum atomic E-state index is -0.328. The van der Waals surface area contributed by atoms with Crippen molar-refractivity contribution in [3.8, 4) is 11.5 Å². The summed E-state index contributed by atoms with van der Waals surface area (Å²) in [5.74, 6) is 1.51. The van der Waals surface area contributed by atoms with E-state index in [-0.39, 0.29) is 18.0 Å². The molecule has 0 radical (unpaired) electrons. The third-order valence-electron chi connectivity index (χ3n) is 4.35. The molecular weight excluding hydrogens is 432 g/mol. The van der Waals surface area contributed by atoms with Crippen LogP contribution in [0.5, 0.6) is 11.5 Å². The molecule has 0 aromatic heterocycles. The Balaban J connectivity index is 0.000000342. The average molecular weight is 469 g/mol. The lowest BCUT2D eigenvalue weighted by Crippen LogP contribution is -2.08. The van der Waals surface area contributed by atoms with Gasteiger partial charge in [0.05, 0.1) is 26.9 Å². The number of rotatable bonds is 10. The number of carbonyl (C=O) groups is 2. The molecule has 0 spiro atoms. The van der Waals surface area contributed by atoms with E-state index in [1.807, 2.05) is 62.4 Å². The number of hydrogen-bond acceptors (Lipinski definition) is 6. The van der Waals surface area contributed by atoms with Crippen LogP contribution in [0.15, 0.2) is 60.7 Å². The second-order valence-corrected chi connectivity index (χ2v) is 8.05. The van der Waals surface area contributed by atoms with E-state index in [4.69, 9.17) is 18.9 Å². The zero-order valence-corrected chi connectivity index (χ0v) is 20.9. The minimum Gasteiger partial charge on any atom is -0.497 e. The monoisotopic (exact) mass is 468 g/mol. The average Bonchev–Trinajstić information content (AvgIpc) is 2.82. The van der Waals surface area contributed by atoms with Gasteiger partial charge < -0.3 is 18.9 Å². The lowest BCUT2D eigenvalue weighted by molar-refractivity contribution is -0.141. The first-order chi connectivity index (χ1) is 16.2. The normalized spacial score (nSPS) is 10.8. The second kappa shape index (κ2) is 16.1. The third kappa shape index (κ3) is 13.1. The van der Waals surface area contributed by atoms with Crippen LogP contribution in [0, 0.1) is 5.92 Å². The van der Waals surface area contributed by atoms with Gasteiger partial charge in [-0.3, -0.25) is 0 Å². The molecule has 6 nitrogen and oxygen atoms in total. The van der Waals surface area contributed by atoms with Gasteiger partial charge in [0.1, 0.15) is 11.5 Å². The summed E-state index contributed by atoms with van der Waals surface area (Å²) < 4.78 is 20.1. The fraction of sp³-hybridized carbons (Fsp3) is 0.357. The van der Waals surface area contributed by atoms with Gasteiger partial charge in [-0.2, -0.15) is 0 Å². The Labute approximate surface area is 203 Å². The highest BCUT2D eigenvalue weighted by Crippen LogP contribution is 2.13. The maximum Gasteiger partial charge on any atom is 0.331 e. The Morgan fingerprint density at radius 3 is 1.56 bits per heavy atom. The summed E-state index contributed by atoms with van der Waals surface area (Å²) in [6, 6.07) is 14.9. The molecule has 0 aliphatic carbocycles. The quantitative estimate of drug-likeness (QED) is 0.317. The molecule has 0 N–H and O–H groups in total. The fourth-order valence-electron chi connectivity index (χ4n) is 2.47. The van der Waals surface area contributed by atoms with Gasteiger partial charge in [0, 0.05) is 12.2 Å². The molecule has 2 rings (SSSR count). The molecule has 0 aliphatic rings. The van der Waals surface area contributed by atoms with Gasteiger partial charge in [-0.05, 0) is 73.7 Å². The number of hydrogen-bond donors (Lipinski definition) is 0. The summed E-state index contributed by atoms with van der Waals surface area (Å²) in [6.07, 6.45) is 7.11. The van der Waals surface area contributed by atoms with Crippen LogP contribution < -0.4 is 9.47 Å². The van der Waals surface area contributed by atoms with Crippen molar-refractivity contribution in [3.05, 3.63) is 71.8 Å². The molecular formula is C28H36O6. The fourth-order valence-corrected chi connectivity index (χ4v) is 2.47. The Morgan fingerprint density at radius 2 is 1.18 bits per heavy atom. The molecule has 2 aromatic rings. The molecule has 6 heteroatoms. The number of benzene rings is 2. The first-order valence-electron chi connectivity index (χ1n) is 11.2. The molecule has 0 unspecified atom stereocenters. The van der Waals surface area contributed by atoms with Gasteiger partial charge in [-0.1, -0.05) is 38.1 Å². The highest BCUT2D eigenvalue weighted by molar-refractivity contribution is 5.87. The summed E-state index contributed by atoms with van der Waals surface area (Å²) in [5.41, 5.74) is 1.87. The van der Waals surface area contributed by atoms with Crippen LogP contribution in [-0.2, 0) is 19.1 Å². The predicted octanol–water partition coefficient (Wildman–Crippen LogP) is 5.96. The smallest absolute Gasteiger partial charge is 0.331 e. The lowest BCUT2D eigenvalue weighted by atomic mass is 10.1. The van der Waals surface area contributed by atoms with Crippen LogP contribution in [0.4, 0.5) is 0 Å². The van der Waals surface area contributed by atoms with E-state index in [0.29, 0.717) is 12.5 Å². The van der Waals surface area contributed by atoms with Crippen molar-refractivity contribution in [2.45, 2.75) is 40.2 Å². The number of esters is 2. The molecule has 0 aliphatic heterocycles. The first kappa shape index (κ1) is 28.5. The van der Waals surface area contributed by atoms with Crippen LogP contribution in [0.2, 0.25) is 0 Å². The first-order valence-corrected chi connectivity index (χ1v) is 11.2. The van der Waals surface area contributed by atoms with Crippen molar-refractivity contribution >= 4 is 24.1 Å². The van der Waals surface area contributed by atoms with E-state index in [1.165, 1.54) is 12.2 Å². The third-order valence-corrected chi connectivity index (χ3v) is 4.35. The Morgan fingerprint density at radius 1 is 0.735 bits per heavy atom. The molecule has 0 bridgehead atoms. The summed E-state index contributed by atoms with van der Waals surface area (Å²) >= 11 is 0. The van der Waals surface area contributed by atoms with E-state index in [0.717, 1.165) is 29.0 Å². The van der Waals surface area contributed by atoms with Gasteiger partial charge in [0.15, 0.2) is 0 Å². The molecule has 184 valence electrons. The summed E-state index contributed by atoms with van der Waals surface area (Å²) in [6.45, 7) is 8.31. The molecule has 0 saturated carbocycles. The summed E-state index contributed by atoms with van der Waals surface area (Å²) in [5, 5.41) is 0. The molecule has 0 fully saturated rings. The van der Waals surface area contributed by atoms with Crippen molar-refractivity contribution in [2.24, 2.45) is 5.92 Å². The van der Waals surface area contributed by atoms with Gasteiger partial charge in [-0.25, -0.2) is 9.59 Å². The largest absolute Gasteiger partial charge is 0.497 e. The van der Waals surface area contributed by atoms with E-state index >= 15 is 0 Å². The van der Waals surface area contributed by atoms with Crippen molar-refractivity contribution < 1.29 is 28.5 Å². The number of ether oxygens (including phenoxy) is 4. The van der Waals surface area contributed by atoms with Crippen molar-refractivity contribution in [2.75, 3.05) is 20.8 Å². The highest BCUT2D eigenvalue weighted by Gasteiger charge is 2.00. The summed E-state index contributed by atoms with van der Waals surface area (Å²) in [7, 11) is 3.24. The summed E-state index contributed by atoms with van der Waals surface area (Å²) in [4.78, 5) is 22.6. The van der Waals surface area contributed by atoms with Crippen molar-refractivity contribution in [1.29, 1.82) is 0 Å². The molecule has 0 atom stereocenters. The van der Waals surface area contributed by atoms with Gasteiger partial charge in [0.25, 0.3) is 0 Å². The number of methoxy groups -OCH3 is 2. The van der Waals surface area contributed by atoms with Crippen LogP contribution in [-0.4, -0.2) is 38.9 Å². The van der Waals surface area contributed by atoms with Crippen LogP contribution in [0.25, 0.3) is 12.2 Å². The zero-order valence-electron chi connectivity index (χ0n) is 20.9.